The number of nitrogens with zero attached hydrogens (tertiary/aromatic N) is 2. The highest BCUT2D eigenvalue weighted by atomic mass is 32.2. The Hall–Kier alpha value is -0.730. The summed E-state index contributed by atoms with van der Waals surface area (Å²) in [7, 11) is 0. The lowest BCUT2D eigenvalue weighted by molar-refractivity contribution is -0.137. The smallest absolute Gasteiger partial charge is 0.303 e. The molecule has 1 rings (SSSR count). The molecular formula is C24H43N3O2S2. The van der Waals surface area contributed by atoms with Crippen molar-refractivity contribution >= 4 is 29.9 Å². The number of benzene rings is 1. The van der Waals surface area contributed by atoms with Gasteiger partial charge in [-0.2, -0.15) is 0 Å². The van der Waals surface area contributed by atoms with Crippen LogP contribution in [-0.2, 0) is 16.8 Å². The van der Waals surface area contributed by atoms with E-state index in [1.54, 1.807) is 0 Å². The van der Waals surface area contributed by atoms with Crippen molar-refractivity contribution in [2.75, 3.05) is 45.2 Å². The van der Waals surface area contributed by atoms with Crippen LogP contribution < -0.4 is 5.32 Å². The van der Waals surface area contributed by atoms with Crippen LogP contribution in [0.25, 0.3) is 0 Å². The van der Waals surface area contributed by atoms with Crippen molar-refractivity contribution in [3.63, 3.8) is 0 Å². The summed E-state index contributed by atoms with van der Waals surface area (Å²) in [5.74, 6) is -0.714. The maximum atomic E-state index is 10.5. The van der Waals surface area contributed by atoms with Crippen molar-refractivity contribution in [1.82, 2.24) is 13.9 Å². The number of hydrogen-bond acceptors (Lipinski definition) is 6. The molecule has 0 aromatic heterocycles. The van der Waals surface area contributed by atoms with Gasteiger partial charge < -0.3 is 10.4 Å². The molecule has 31 heavy (non-hydrogen) atoms. The van der Waals surface area contributed by atoms with E-state index >= 15 is 0 Å². The maximum absolute atomic E-state index is 10.5. The number of unbranched alkanes of at least 4 members (excludes halogenated alkanes) is 1. The van der Waals surface area contributed by atoms with Gasteiger partial charge in [0.25, 0.3) is 0 Å². The molecule has 0 heterocycles. The molecule has 7 heteroatoms. The molecule has 0 spiro atoms. The Morgan fingerprint density at radius 1 is 0.903 bits per heavy atom. The van der Waals surface area contributed by atoms with Crippen LogP contribution in [0.5, 0.6) is 0 Å². The highest BCUT2D eigenvalue weighted by molar-refractivity contribution is 7.96. The molecule has 0 radical (unpaired) electrons. The van der Waals surface area contributed by atoms with Gasteiger partial charge in [-0.25, -0.2) is 4.31 Å². The first kappa shape index (κ1) is 28.3. The summed E-state index contributed by atoms with van der Waals surface area (Å²) in [6, 6.07) is 9.08. The quantitative estimate of drug-likeness (QED) is 0.238. The lowest BCUT2D eigenvalue weighted by Crippen LogP contribution is -2.24. The molecule has 1 aromatic carbocycles. The average molecular weight is 470 g/mol. The zero-order valence-corrected chi connectivity index (χ0v) is 21.8. The fourth-order valence-corrected chi connectivity index (χ4v) is 4.50. The fraction of sp³-hybridized carbons (Fsp3) is 0.708. The maximum Gasteiger partial charge on any atom is 0.303 e. The van der Waals surface area contributed by atoms with Gasteiger partial charge in [0.1, 0.15) is 0 Å². The zero-order chi connectivity index (χ0) is 23.1. The largest absolute Gasteiger partial charge is 0.481 e. The summed E-state index contributed by atoms with van der Waals surface area (Å²) in [4.78, 5) is 10.5. The number of nitrogens with one attached hydrogen (secondary N) is 1. The van der Waals surface area contributed by atoms with E-state index in [2.05, 4.69) is 71.5 Å². The highest BCUT2D eigenvalue weighted by Gasteiger charge is 2.13. The summed E-state index contributed by atoms with van der Waals surface area (Å²) < 4.78 is 4.89. The lowest BCUT2D eigenvalue weighted by atomic mass is 9.87. The Morgan fingerprint density at radius 3 is 2.00 bits per heavy atom. The van der Waals surface area contributed by atoms with Gasteiger partial charge in [-0.3, -0.25) is 9.10 Å². The van der Waals surface area contributed by atoms with E-state index in [1.165, 1.54) is 24.0 Å². The van der Waals surface area contributed by atoms with Crippen molar-refractivity contribution in [1.29, 1.82) is 0 Å². The van der Waals surface area contributed by atoms with E-state index in [0.29, 0.717) is 6.42 Å². The minimum Gasteiger partial charge on any atom is -0.481 e. The van der Waals surface area contributed by atoms with E-state index in [9.17, 15) is 4.79 Å². The van der Waals surface area contributed by atoms with Crippen LogP contribution in [-0.4, -0.2) is 64.9 Å². The topological polar surface area (TPSA) is 55.8 Å². The van der Waals surface area contributed by atoms with Crippen LogP contribution in [0.15, 0.2) is 24.3 Å². The van der Waals surface area contributed by atoms with E-state index in [4.69, 9.17) is 5.11 Å². The molecule has 178 valence electrons. The normalized spacial score (nSPS) is 12.1. The van der Waals surface area contributed by atoms with Crippen LogP contribution in [0.1, 0.15) is 64.0 Å². The summed E-state index contributed by atoms with van der Waals surface area (Å²) in [5.41, 5.74) is 2.97. The minimum absolute atomic E-state index is 0.206. The first-order valence-corrected chi connectivity index (χ1v) is 13.7. The number of carboxylic acids is 1. The van der Waals surface area contributed by atoms with Crippen molar-refractivity contribution in [2.24, 2.45) is 0 Å². The molecule has 5 nitrogen and oxygen atoms in total. The van der Waals surface area contributed by atoms with Crippen LogP contribution in [0.3, 0.4) is 0 Å². The van der Waals surface area contributed by atoms with Crippen molar-refractivity contribution in [2.45, 2.75) is 64.8 Å². The zero-order valence-electron chi connectivity index (χ0n) is 20.2. The molecule has 0 aliphatic rings. The molecule has 0 unspecified atom stereocenters. The summed E-state index contributed by atoms with van der Waals surface area (Å²) in [5, 5.41) is 12.0. The van der Waals surface area contributed by atoms with E-state index in [1.807, 2.05) is 23.9 Å². The van der Waals surface area contributed by atoms with Gasteiger partial charge in [-0.05, 0) is 67.8 Å². The fourth-order valence-electron chi connectivity index (χ4n) is 3.29. The highest BCUT2D eigenvalue weighted by Crippen LogP contribution is 2.23. The molecular weight excluding hydrogens is 426 g/mol. The number of carboxylic acid groups (broad SMARTS) is 1. The molecule has 0 atom stereocenters. The summed E-state index contributed by atoms with van der Waals surface area (Å²) >= 11 is 3.66. The molecule has 0 saturated carbocycles. The van der Waals surface area contributed by atoms with Gasteiger partial charge in [0.15, 0.2) is 0 Å². The second-order valence-corrected chi connectivity index (χ2v) is 10.7. The van der Waals surface area contributed by atoms with Crippen molar-refractivity contribution in [3.05, 3.63) is 35.4 Å². The third-order valence-electron chi connectivity index (χ3n) is 5.27. The van der Waals surface area contributed by atoms with Gasteiger partial charge in [-0.1, -0.05) is 68.9 Å². The second kappa shape index (κ2) is 16.0. The first-order valence-electron chi connectivity index (χ1n) is 11.4. The summed E-state index contributed by atoms with van der Waals surface area (Å²) in [6.07, 6.45) is 8.76. The number of carbonyl (C=O) groups is 1. The Bertz CT molecular complexity index is 606. The lowest BCUT2D eigenvalue weighted by Gasteiger charge is -2.23. The Morgan fingerprint density at radius 2 is 1.45 bits per heavy atom. The molecule has 0 bridgehead atoms. The van der Waals surface area contributed by atoms with E-state index in [0.717, 1.165) is 45.7 Å². The van der Waals surface area contributed by atoms with Crippen LogP contribution in [0.4, 0.5) is 0 Å². The van der Waals surface area contributed by atoms with E-state index in [-0.39, 0.29) is 11.8 Å². The Kier molecular flexibility index (Phi) is 14.6. The monoisotopic (exact) mass is 469 g/mol. The van der Waals surface area contributed by atoms with Gasteiger partial charge in [0, 0.05) is 32.6 Å². The van der Waals surface area contributed by atoms with E-state index < -0.39 is 5.97 Å². The van der Waals surface area contributed by atoms with Gasteiger partial charge in [-0.15, -0.1) is 0 Å². The van der Waals surface area contributed by atoms with Crippen molar-refractivity contribution in [3.8, 4) is 0 Å². The Balaban J connectivity index is 2.20. The predicted molar refractivity (Wildman–Crippen MR) is 138 cm³/mol. The standard InChI is InChI=1S/C24H43N3O2S2/c1-24(2,3)22-13-11-21(12-14-22)20-27(31-5)18-7-6-17-26(30-4)19-9-16-25-15-8-10-23(28)29/h11-14,25H,6-10,15-20H2,1-5H3,(H,28,29). The first-order chi connectivity index (χ1) is 14.8. The molecule has 0 aliphatic carbocycles. The van der Waals surface area contributed by atoms with Gasteiger partial charge in [0.05, 0.1) is 0 Å². The van der Waals surface area contributed by atoms with Crippen LogP contribution in [0, 0.1) is 0 Å². The predicted octanol–water partition coefficient (Wildman–Crippen LogP) is 5.27. The van der Waals surface area contributed by atoms with Crippen molar-refractivity contribution < 1.29 is 9.90 Å². The molecule has 1 aromatic rings. The average Bonchev–Trinajstić information content (AvgIpc) is 2.73. The second-order valence-electron chi connectivity index (χ2n) is 8.91. The number of rotatable bonds is 17. The third-order valence-corrected chi connectivity index (χ3v) is 6.98. The SMILES string of the molecule is CSN(CCCCN(Cc1ccc(C(C)(C)C)cc1)SC)CCCNCCCC(=O)O. The van der Waals surface area contributed by atoms with Crippen LogP contribution >= 0.6 is 23.9 Å². The molecule has 0 saturated heterocycles. The molecule has 0 aliphatic heterocycles. The minimum atomic E-state index is -0.714. The molecule has 0 fully saturated rings. The number of aliphatic carboxylic acids is 1. The summed E-state index contributed by atoms with van der Waals surface area (Å²) in [6.45, 7) is 12.8. The molecule has 0 amide bonds. The molecule has 2 N–H and O–H groups in total. The van der Waals surface area contributed by atoms with Crippen LogP contribution in [0.2, 0.25) is 0 Å². The third kappa shape index (κ3) is 13.4. The van der Waals surface area contributed by atoms with Gasteiger partial charge >= 0.3 is 5.97 Å². The Labute approximate surface area is 199 Å². The number of hydrogen-bond donors (Lipinski definition) is 2. The van der Waals surface area contributed by atoms with Gasteiger partial charge in [0.2, 0.25) is 0 Å².